The molecule has 0 aromatic heterocycles. The summed E-state index contributed by atoms with van der Waals surface area (Å²) >= 11 is 0. The van der Waals surface area contributed by atoms with Gasteiger partial charge in [-0.2, -0.15) is 0 Å². The van der Waals surface area contributed by atoms with Gasteiger partial charge >= 0.3 is 5.97 Å². The standard InChI is InChI=1S/C13H16O3/c1-16-12(14)11-4-2-10(3-5-11)6-7-13(15)8-9-13/h2-5,15H,6-9H2,1H3. The van der Waals surface area contributed by atoms with Crippen LogP contribution in [0.3, 0.4) is 0 Å². The summed E-state index contributed by atoms with van der Waals surface area (Å²) in [6, 6.07) is 7.35. The molecular weight excluding hydrogens is 204 g/mol. The van der Waals surface area contributed by atoms with Crippen molar-refractivity contribution >= 4 is 5.97 Å². The Hall–Kier alpha value is -1.35. The molecule has 0 radical (unpaired) electrons. The predicted molar refractivity (Wildman–Crippen MR) is 60.3 cm³/mol. The van der Waals surface area contributed by atoms with Crippen LogP contribution in [0.4, 0.5) is 0 Å². The van der Waals surface area contributed by atoms with Crippen molar-refractivity contribution in [3.05, 3.63) is 35.4 Å². The molecule has 3 nitrogen and oxygen atoms in total. The Bertz CT molecular complexity index is 377. The second-order valence-electron chi connectivity index (χ2n) is 4.41. The zero-order valence-electron chi connectivity index (χ0n) is 9.40. The van der Waals surface area contributed by atoms with E-state index in [-0.39, 0.29) is 5.97 Å². The van der Waals surface area contributed by atoms with Gasteiger partial charge in [-0.25, -0.2) is 4.79 Å². The van der Waals surface area contributed by atoms with E-state index < -0.39 is 5.60 Å². The molecule has 1 aromatic carbocycles. The largest absolute Gasteiger partial charge is 0.465 e. The van der Waals surface area contributed by atoms with Gasteiger partial charge in [0.15, 0.2) is 0 Å². The maximum absolute atomic E-state index is 11.2. The fourth-order valence-corrected chi connectivity index (χ4v) is 1.70. The first-order valence-corrected chi connectivity index (χ1v) is 5.53. The molecule has 2 rings (SSSR count). The van der Waals surface area contributed by atoms with Crippen LogP contribution in [0.2, 0.25) is 0 Å². The van der Waals surface area contributed by atoms with Gasteiger partial charge in [0, 0.05) is 0 Å². The number of ether oxygens (including phenoxy) is 1. The molecule has 0 saturated heterocycles. The lowest BCUT2D eigenvalue weighted by Gasteiger charge is -2.07. The molecule has 3 heteroatoms. The summed E-state index contributed by atoms with van der Waals surface area (Å²) in [7, 11) is 1.37. The quantitative estimate of drug-likeness (QED) is 0.789. The SMILES string of the molecule is COC(=O)c1ccc(CCC2(O)CC2)cc1. The summed E-state index contributed by atoms with van der Waals surface area (Å²) in [5, 5.41) is 9.70. The third kappa shape index (κ3) is 2.61. The van der Waals surface area contributed by atoms with E-state index >= 15 is 0 Å². The third-order valence-corrected chi connectivity index (χ3v) is 3.08. The number of benzene rings is 1. The molecule has 1 saturated carbocycles. The topological polar surface area (TPSA) is 46.5 Å². The van der Waals surface area contributed by atoms with Gasteiger partial charge in [0.1, 0.15) is 0 Å². The lowest BCUT2D eigenvalue weighted by molar-refractivity contribution is 0.0600. The molecule has 0 amide bonds. The first kappa shape index (κ1) is 11.1. The van der Waals surface area contributed by atoms with Gasteiger partial charge in [0.25, 0.3) is 0 Å². The first-order valence-electron chi connectivity index (χ1n) is 5.53. The Balaban J connectivity index is 1.93. The number of rotatable bonds is 4. The van der Waals surface area contributed by atoms with Crippen LogP contribution in [-0.2, 0) is 11.2 Å². The van der Waals surface area contributed by atoms with Gasteiger partial charge < -0.3 is 9.84 Å². The highest BCUT2D eigenvalue weighted by Gasteiger charge is 2.39. The molecule has 1 aliphatic carbocycles. The minimum absolute atomic E-state index is 0.313. The lowest BCUT2D eigenvalue weighted by Crippen LogP contribution is -2.08. The second-order valence-corrected chi connectivity index (χ2v) is 4.41. The van der Waals surface area contributed by atoms with Crippen LogP contribution in [0.5, 0.6) is 0 Å². The van der Waals surface area contributed by atoms with Crippen molar-refractivity contribution in [2.75, 3.05) is 7.11 Å². The van der Waals surface area contributed by atoms with E-state index in [1.54, 1.807) is 12.1 Å². The van der Waals surface area contributed by atoms with Gasteiger partial charge in [-0.15, -0.1) is 0 Å². The molecule has 0 atom stereocenters. The zero-order chi connectivity index (χ0) is 11.6. The van der Waals surface area contributed by atoms with Gasteiger partial charge in [-0.1, -0.05) is 12.1 Å². The van der Waals surface area contributed by atoms with Crippen LogP contribution in [0, 0.1) is 0 Å². The average molecular weight is 220 g/mol. The normalized spacial score (nSPS) is 16.9. The molecule has 0 spiro atoms. The van der Waals surface area contributed by atoms with Crippen LogP contribution in [-0.4, -0.2) is 23.8 Å². The molecule has 86 valence electrons. The van der Waals surface area contributed by atoms with Crippen molar-refractivity contribution in [2.24, 2.45) is 0 Å². The summed E-state index contributed by atoms with van der Waals surface area (Å²) in [5.41, 5.74) is 1.31. The minimum Gasteiger partial charge on any atom is -0.465 e. The monoisotopic (exact) mass is 220 g/mol. The maximum atomic E-state index is 11.2. The molecule has 0 bridgehead atoms. The van der Waals surface area contributed by atoms with Crippen molar-refractivity contribution in [3.8, 4) is 0 Å². The zero-order valence-corrected chi connectivity index (χ0v) is 9.40. The van der Waals surface area contributed by atoms with E-state index in [9.17, 15) is 9.90 Å². The minimum atomic E-state index is -0.402. The van der Waals surface area contributed by atoms with Crippen molar-refractivity contribution < 1.29 is 14.6 Å². The van der Waals surface area contributed by atoms with Crippen LogP contribution in [0.15, 0.2) is 24.3 Å². The molecule has 1 aromatic rings. The predicted octanol–water partition coefficient (Wildman–Crippen LogP) is 1.93. The van der Waals surface area contributed by atoms with Crippen molar-refractivity contribution in [2.45, 2.75) is 31.3 Å². The smallest absolute Gasteiger partial charge is 0.337 e. The van der Waals surface area contributed by atoms with Gasteiger partial charge in [-0.3, -0.25) is 0 Å². The molecule has 0 heterocycles. The number of aliphatic hydroxyl groups is 1. The number of methoxy groups -OCH3 is 1. The van der Waals surface area contributed by atoms with Crippen LogP contribution >= 0.6 is 0 Å². The Morgan fingerprint density at radius 1 is 1.38 bits per heavy atom. The molecular formula is C13H16O3. The Morgan fingerprint density at radius 2 is 2.00 bits per heavy atom. The van der Waals surface area contributed by atoms with Crippen LogP contribution in [0.25, 0.3) is 0 Å². The first-order chi connectivity index (χ1) is 7.63. The molecule has 1 N–H and O–H groups in total. The molecule has 0 aliphatic heterocycles. The summed E-state index contributed by atoms with van der Waals surface area (Å²) in [5.74, 6) is -0.313. The molecule has 16 heavy (non-hydrogen) atoms. The molecule has 0 unspecified atom stereocenters. The number of hydrogen-bond donors (Lipinski definition) is 1. The van der Waals surface area contributed by atoms with Gasteiger partial charge in [0.2, 0.25) is 0 Å². The number of aryl methyl sites for hydroxylation is 1. The second kappa shape index (κ2) is 4.26. The van der Waals surface area contributed by atoms with Crippen molar-refractivity contribution in [1.29, 1.82) is 0 Å². The fraction of sp³-hybridized carbons (Fsp3) is 0.462. The molecule has 1 fully saturated rings. The van der Waals surface area contributed by atoms with E-state index in [0.29, 0.717) is 5.56 Å². The van der Waals surface area contributed by atoms with E-state index in [4.69, 9.17) is 0 Å². The number of esters is 1. The number of hydrogen-bond acceptors (Lipinski definition) is 3. The third-order valence-electron chi connectivity index (χ3n) is 3.08. The van der Waals surface area contributed by atoms with Gasteiger partial charge in [0.05, 0.1) is 18.3 Å². The van der Waals surface area contributed by atoms with E-state index in [1.807, 2.05) is 12.1 Å². The highest BCUT2D eigenvalue weighted by molar-refractivity contribution is 5.89. The number of carbonyl (C=O) groups excluding carboxylic acids is 1. The average Bonchev–Trinajstić information content (AvgIpc) is 3.05. The highest BCUT2D eigenvalue weighted by Crippen LogP contribution is 2.39. The van der Waals surface area contributed by atoms with E-state index in [1.165, 1.54) is 7.11 Å². The number of carbonyl (C=O) groups is 1. The Morgan fingerprint density at radius 3 is 2.50 bits per heavy atom. The Labute approximate surface area is 95.0 Å². The highest BCUT2D eigenvalue weighted by atomic mass is 16.5. The van der Waals surface area contributed by atoms with E-state index in [0.717, 1.165) is 31.2 Å². The molecule has 1 aliphatic rings. The Kier molecular flexibility index (Phi) is 2.97. The summed E-state index contributed by atoms with van der Waals surface area (Å²) < 4.78 is 4.62. The fourth-order valence-electron chi connectivity index (χ4n) is 1.70. The van der Waals surface area contributed by atoms with Crippen LogP contribution < -0.4 is 0 Å². The van der Waals surface area contributed by atoms with Crippen molar-refractivity contribution in [3.63, 3.8) is 0 Å². The summed E-state index contributed by atoms with van der Waals surface area (Å²) in [6.07, 6.45) is 3.52. The maximum Gasteiger partial charge on any atom is 0.337 e. The van der Waals surface area contributed by atoms with Crippen molar-refractivity contribution in [1.82, 2.24) is 0 Å². The van der Waals surface area contributed by atoms with E-state index in [2.05, 4.69) is 4.74 Å². The summed E-state index contributed by atoms with van der Waals surface area (Å²) in [4.78, 5) is 11.2. The lowest BCUT2D eigenvalue weighted by atomic mass is 10.0. The van der Waals surface area contributed by atoms with Gasteiger partial charge in [-0.05, 0) is 43.4 Å². The summed E-state index contributed by atoms with van der Waals surface area (Å²) in [6.45, 7) is 0. The van der Waals surface area contributed by atoms with Crippen LogP contribution in [0.1, 0.15) is 35.2 Å².